The first-order valence-corrected chi connectivity index (χ1v) is 9.85. The third-order valence-corrected chi connectivity index (χ3v) is 5.36. The van der Waals surface area contributed by atoms with Crippen LogP contribution < -0.4 is 18.9 Å². The van der Waals surface area contributed by atoms with E-state index < -0.39 is 0 Å². The second kappa shape index (κ2) is 8.48. The summed E-state index contributed by atoms with van der Waals surface area (Å²) in [6.07, 6.45) is 3.84. The van der Waals surface area contributed by atoms with E-state index in [9.17, 15) is 0 Å². The molecule has 0 bridgehead atoms. The van der Waals surface area contributed by atoms with Gasteiger partial charge in [0.1, 0.15) is 5.75 Å². The maximum atomic E-state index is 5.56. The molecule has 0 aliphatic carbocycles. The maximum Gasteiger partial charge on any atom is 0.203 e. The molecule has 0 saturated carbocycles. The van der Waals surface area contributed by atoms with E-state index in [0.29, 0.717) is 17.2 Å². The first-order chi connectivity index (χ1) is 13.6. The van der Waals surface area contributed by atoms with E-state index in [2.05, 4.69) is 11.1 Å². The molecule has 0 N–H and O–H groups in total. The minimum Gasteiger partial charge on any atom is -0.496 e. The summed E-state index contributed by atoms with van der Waals surface area (Å²) in [5.74, 6) is 2.56. The Morgan fingerprint density at radius 2 is 1.54 bits per heavy atom. The Morgan fingerprint density at radius 3 is 2.07 bits per heavy atom. The molecule has 0 aliphatic heterocycles. The normalized spacial score (nSPS) is 10.6. The van der Waals surface area contributed by atoms with Gasteiger partial charge in [-0.15, -0.1) is 11.8 Å². The van der Waals surface area contributed by atoms with Crippen molar-refractivity contribution in [1.82, 2.24) is 9.55 Å². The molecule has 1 aromatic heterocycles. The molecule has 0 atom stereocenters. The van der Waals surface area contributed by atoms with Crippen LogP contribution in [0.2, 0.25) is 0 Å². The number of methoxy groups -OCH3 is 4. The van der Waals surface area contributed by atoms with Crippen LogP contribution in [0.3, 0.4) is 0 Å². The van der Waals surface area contributed by atoms with Gasteiger partial charge in [0.15, 0.2) is 11.5 Å². The number of hydrogen-bond acceptors (Lipinski definition) is 6. The molecule has 7 heteroatoms. The number of thioether (sulfide) groups is 1. The first-order valence-electron chi connectivity index (χ1n) is 8.62. The molecule has 0 amide bonds. The predicted octanol–water partition coefficient (Wildman–Crippen LogP) is 4.51. The van der Waals surface area contributed by atoms with Gasteiger partial charge >= 0.3 is 0 Å². The smallest absolute Gasteiger partial charge is 0.203 e. The lowest BCUT2D eigenvalue weighted by Crippen LogP contribution is -1.98. The van der Waals surface area contributed by atoms with Gasteiger partial charge in [0.05, 0.1) is 51.0 Å². The fourth-order valence-corrected chi connectivity index (χ4v) is 3.99. The molecule has 148 valence electrons. The van der Waals surface area contributed by atoms with Gasteiger partial charge in [0, 0.05) is 18.2 Å². The molecule has 0 saturated heterocycles. The maximum absolute atomic E-state index is 5.56. The highest BCUT2D eigenvalue weighted by molar-refractivity contribution is 7.98. The van der Waals surface area contributed by atoms with E-state index in [1.807, 2.05) is 42.1 Å². The van der Waals surface area contributed by atoms with Crippen LogP contribution in [0, 0.1) is 0 Å². The van der Waals surface area contributed by atoms with Crippen LogP contribution in [0.15, 0.2) is 41.6 Å². The van der Waals surface area contributed by atoms with Gasteiger partial charge in [-0.1, -0.05) is 12.1 Å². The molecule has 1 heterocycles. The van der Waals surface area contributed by atoms with E-state index in [1.165, 1.54) is 0 Å². The van der Waals surface area contributed by atoms with Crippen LogP contribution in [-0.2, 0) is 7.05 Å². The number of nitrogens with zero attached hydrogens (tertiary/aromatic N) is 2. The number of hydrogen-bond donors (Lipinski definition) is 0. The highest BCUT2D eigenvalue weighted by atomic mass is 32.2. The van der Waals surface area contributed by atoms with E-state index in [-0.39, 0.29) is 0 Å². The van der Waals surface area contributed by atoms with Gasteiger partial charge in [-0.25, -0.2) is 4.98 Å². The first kappa shape index (κ1) is 19.9. The zero-order valence-electron chi connectivity index (χ0n) is 16.9. The highest BCUT2D eigenvalue weighted by Gasteiger charge is 2.21. The molecule has 0 aliphatic rings. The summed E-state index contributed by atoms with van der Waals surface area (Å²) in [5.41, 5.74) is 3.73. The van der Waals surface area contributed by atoms with Crippen LogP contribution >= 0.6 is 11.8 Å². The van der Waals surface area contributed by atoms with E-state index >= 15 is 0 Å². The van der Waals surface area contributed by atoms with Crippen molar-refractivity contribution in [2.45, 2.75) is 4.90 Å². The average Bonchev–Trinajstić information content (AvgIpc) is 3.12. The largest absolute Gasteiger partial charge is 0.496 e. The fourth-order valence-electron chi connectivity index (χ4n) is 3.25. The van der Waals surface area contributed by atoms with Gasteiger partial charge in [-0.2, -0.15) is 0 Å². The quantitative estimate of drug-likeness (QED) is 0.544. The van der Waals surface area contributed by atoms with Crippen molar-refractivity contribution in [3.8, 4) is 45.5 Å². The fraction of sp³-hybridized carbons (Fsp3) is 0.286. The van der Waals surface area contributed by atoms with Crippen molar-refractivity contribution in [1.29, 1.82) is 0 Å². The molecule has 6 nitrogen and oxygen atoms in total. The Kier molecular flexibility index (Phi) is 6.04. The second-order valence-electron chi connectivity index (χ2n) is 6.01. The van der Waals surface area contributed by atoms with Crippen molar-refractivity contribution in [2.75, 3.05) is 34.7 Å². The van der Waals surface area contributed by atoms with E-state index in [1.54, 1.807) is 46.5 Å². The average molecular weight is 401 g/mol. The van der Waals surface area contributed by atoms with Gasteiger partial charge in [-0.3, -0.25) is 0 Å². The highest BCUT2D eigenvalue weighted by Crippen LogP contribution is 2.45. The molecule has 3 rings (SSSR count). The van der Waals surface area contributed by atoms with Crippen LogP contribution in [0.5, 0.6) is 23.0 Å². The van der Waals surface area contributed by atoms with E-state index in [0.717, 1.165) is 33.2 Å². The van der Waals surface area contributed by atoms with Gasteiger partial charge in [-0.05, 0) is 24.5 Å². The number of benzene rings is 2. The lowest BCUT2D eigenvalue weighted by molar-refractivity contribution is 0.324. The van der Waals surface area contributed by atoms with Gasteiger partial charge in [0.2, 0.25) is 5.75 Å². The number of imidazole rings is 1. The summed E-state index contributed by atoms with van der Waals surface area (Å²) in [6, 6.07) is 9.84. The minimum atomic E-state index is 0.553. The van der Waals surface area contributed by atoms with Crippen molar-refractivity contribution in [3.05, 3.63) is 36.7 Å². The topological polar surface area (TPSA) is 54.7 Å². The van der Waals surface area contributed by atoms with E-state index in [4.69, 9.17) is 18.9 Å². The summed E-state index contributed by atoms with van der Waals surface area (Å²) in [4.78, 5) is 5.72. The predicted molar refractivity (Wildman–Crippen MR) is 112 cm³/mol. The Morgan fingerprint density at radius 1 is 0.893 bits per heavy atom. The lowest BCUT2D eigenvalue weighted by atomic mass is 10.0. The van der Waals surface area contributed by atoms with Crippen LogP contribution in [0.1, 0.15) is 0 Å². The molecule has 3 aromatic rings. The van der Waals surface area contributed by atoms with Crippen molar-refractivity contribution < 1.29 is 18.9 Å². The molecule has 0 unspecified atom stereocenters. The third-order valence-electron chi connectivity index (χ3n) is 4.53. The molecule has 28 heavy (non-hydrogen) atoms. The van der Waals surface area contributed by atoms with Crippen molar-refractivity contribution in [2.24, 2.45) is 7.05 Å². The second-order valence-corrected chi connectivity index (χ2v) is 6.82. The Balaban J connectivity index is 2.26. The summed E-state index contributed by atoms with van der Waals surface area (Å²) >= 11 is 1.64. The summed E-state index contributed by atoms with van der Waals surface area (Å²) in [7, 11) is 8.46. The number of rotatable bonds is 7. The molecule has 0 spiro atoms. The van der Waals surface area contributed by atoms with Crippen LogP contribution in [0.4, 0.5) is 0 Å². The standard InChI is InChI=1S/C21H24N2O4S/c1-23-12-22-18(13-10-16(25-3)20(27-5)17(11-13)26-4)19(23)14-8-7-9-15(24-2)21(14)28-6/h7-12H,1-6H3. The summed E-state index contributed by atoms with van der Waals surface area (Å²) in [6.45, 7) is 0. The number of aryl methyl sites for hydroxylation is 1. The Hall–Kier alpha value is -2.80. The third kappa shape index (κ3) is 3.38. The lowest BCUT2D eigenvalue weighted by Gasteiger charge is -2.16. The zero-order chi connectivity index (χ0) is 20.3. The number of ether oxygens (including phenoxy) is 4. The SMILES string of the molecule is COc1cc(-c2ncn(C)c2-c2cccc(OC)c2SC)cc(OC)c1OC. The van der Waals surface area contributed by atoms with Crippen molar-refractivity contribution >= 4 is 11.8 Å². The molecular formula is C21H24N2O4S. The monoisotopic (exact) mass is 400 g/mol. The Bertz CT molecular complexity index is 960. The molecule has 0 fully saturated rings. The van der Waals surface area contributed by atoms with Crippen LogP contribution in [-0.4, -0.2) is 44.2 Å². The summed E-state index contributed by atoms with van der Waals surface area (Å²) in [5, 5.41) is 0. The van der Waals surface area contributed by atoms with Crippen LogP contribution in [0.25, 0.3) is 22.5 Å². The minimum absolute atomic E-state index is 0.553. The van der Waals surface area contributed by atoms with Crippen molar-refractivity contribution in [3.63, 3.8) is 0 Å². The summed E-state index contributed by atoms with van der Waals surface area (Å²) < 4.78 is 24.0. The van der Waals surface area contributed by atoms with Gasteiger partial charge in [0.25, 0.3) is 0 Å². The molecular weight excluding hydrogens is 376 g/mol. The van der Waals surface area contributed by atoms with Gasteiger partial charge < -0.3 is 23.5 Å². The molecule has 0 radical (unpaired) electrons. The number of aromatic nitrogens is 2. The zero-order valence-corrected chi connectivity index (χ0v) is 17.7. The Labute approximate surface area is 169 Å². The molecule has 2 aromatic carbocycles.